The smallest absolute Gasteiger partial charge is 0.326 e. The second kappa shape index (κ2) is 27.1. The second-order valence-corrected chi connectivity index (χ2v) is 35.2. The molecule has 14 rings (SSSR count). The van der Waals surface area contributed by atoms with Gasteiger partial charge in [-0.3, -0.25) is 52.2 Å². The number of sulfonamides is 1. The Labute approximate surface area is 580 Å². The van der Waals surface area contributed by atoms with E-state index in [9.17, 15) is 65.5 Å². The molecule has 2 aromatic carbocycles. The molecular formula is C74H95F2N7O16S. The maximum Gasteiger partial charge on any atom is 0.326 e. The van der Waals surface area contributed by atoms with Crippen molar-refractivity contribution in [2.75, 3.05) is 13.1 Å². The summed E-state index contributed by atoms with van der Waals surface area (Å²) in [5, 5.41) is 11.0. The van der Waals surface area contributed by atoms with E-state index >= 15 is 0 Å². The standard InChI is InChI=1S/C42H54F2N4O9S.C32H41N3O7/c1-40(2,3)28-19-34(50)57-33-17-23-16-27(23)25(33)10-6-5-9-15-47-36(51)26-11-7-8-12-30(26)45-39(47)56-24-18-31(48(22-24)37(28)52)32(49)21-42(20-29(42)35(43)44)38(53)46-58(54,55)41(4)13-14-41;1-32(2,3)23-16-27(36)42-26-14-18-13-22(18)20(26)9-5-4-8-12-34-28(37)21-10-6-7-11-24(21)33-31(34)41-19-15-25(30(39)40)35(17-19)29(23)38/h7-8,11-12,23-25,27-29,31,33,35H,5-6,9-10,13-22H2,1-4H3,(H,46,53);6-7,10-11,18-20,22-23,25-26H,4-5,8-9,12-17H2,1-3H3,(H,39,40)/t23-,24+,25+,27-,28+,29-,31-,33+,42+;18-,19+,20+,22-,23+,25-,26+/m00/s1. The summed E-state index contributed by atoms with van der Waals surface area (Å²) in [6.07, 6.45) is 4.93. The van der Waals surface area contributed by atoms with Crippen molar-refractivity contribution >= 4 is 73.2 Å². The Kier molecular flexibility index (Phi) is 19.3. The Bertz CT molecular complexity index is 4150. The molecular weight excluding hydrogens is 1310 g/mol. The molecule has 26 heteroatoms. The van der Waals surface area contributed by atoms with Crippen molar-refractivity contribution in [3.63, 3.8) is 0 Å². The predicted octanol–water partition coefficient (Wildman–Crippen LogP) is 9.19. The van der Waals surface area contributed by atoms with Crippen molar-refractivity contribution in [3.05, 3.63) is 69.2 Å². The molecule has 4 aromatic rings. The maximum atomic E-state index is 14.8. The molecule has 4 bridgehead atoms. The van der Waals surface area contributed by atoms with E-state index < -0.39 is 128 Å². The highest BCUT2D eigenvalue weighted by Crippen LogP contribution is 2.61. The SMILES string of the molecule is CC(C)(C)[C@@H]1CC(=O)O[C@@H]2C[C@@H]3C[C@@H]3[C@H]2CCCCCn2c(nc3ccccc3c2=O)O[C@@H]2C[C@@H](C(=O)C[C@]3(C(=O)NS(=O)(=O)C4(C)CC4)C[C@H]3C(F)F)N(C2)C1=O.CC(C)(C)[C@@H]1CC(=O)O[C@@H]2C[C@@H]3C[C@@H]3[C@H]2CCCCCn2c(nc3ccccc3c2=O)O[C@@H]2C[C@@H](C(=O)O)N(C2)C1=O. The van der Waals surface area contributed by atoms with Crippen LogP contribution in [0.2, 0.25) is 0 Å². The number of carbonyl (C=O) groups excluding carboxylic acids is 6. The predicted molar refractivity (Wildman–Crippen MR) is 361 cm³/mol. The van der Waals surface area contributed by atoms with Gasteiger partial charge < -0.3 is 33.9 Å². The van der Waals surface area contributed by atoms with E-state index in [0.29, 0.717) is 83.7 Å². The number of halogens is 2. The molecule has 6 heterocycles. The van der Waals surface area contributed by atoms with Gasteiger partial charge in [-0.25, -0.2) is 22.0 Å². The van der Waals surface area contributed by atoms with Crippen molar-refractivity contribution in [1.82, 2.24) is 33.6 Å². The number of carbonyl (C=O) groups is 7. The summed E-state index contributed by atoms with van der Waals surface area (Å²) in [7, 11) is -4.20. The van der Waals surface area contributed by atoms with Crippen LogP contribution in [0.5, 0.6) is 12.0 Å². The third-order valence-corrected chi connectivity index (χ3v) is 26.2. The summed E-state index contributed by atoms with van der Waals surface area (Å²) >= 11 is 0. The Morgan fingerprint density at radius 3 is 1.50 bits per heavy atom. The fourth-order valence-corrected chi connectivity index (χ4v) is 18.8. The molecule has 2 saturated heterocycles. The number of ketones is 1. The molecule has 10 aliphatic rings. The van der Waals surface area contributed by atoms with Crippen molar-refractivity contribution in [3.8, 4) is 12.0 Å². The highest BCUT2D eigenvalue weighted by atomic mass is 32.2. The normalized spacial score (nSPS) is 33.0. The van der Waals surface area contributed by atoms with Gasteiger partial charge in [0.1, 0.15) is 30.5 Å². The lowest BCUT2D eigenvalue weighted by Crippen LogP contribution is -2.49. The van der Waals surface area contributed by atoms with Crippen LogP contribution in [0, 0.1) is 69.5 Å². The van der Waals surface area contributed by atoms with Crippen molar-refractivity contribution in [2.24, 2.45) is 69.5 Å². The van der Waals surface area contributed by atoms with Gasteiger partial charge >= 0.3 is 17.9 Å². The molecule has 2 N–H and O–H groups in total. The summed E-state index contributed by atoms with van der Waals surface area (Å²) in [6.45, 7) is 13.2. The number of hydrogen-bond acceptors (Lipinski definition) is 17. The van der Waals surface area contributed by atoms with Gasteiger partial charge in [0.15, 0.2) is 5.78 Å². The number of amides is 3. The lowest BCUT2D eigenvalue weighted by molar-refractivity contribution is -0.159. The number of nitrogens with zero attached hydrogens (tertiary/aromatic N) is 6. The van der Waals surface area contributed by atoms with Crippen LogP contribution < -0.4 is 25.3 Å². The van der Waals surface area contributed by atoms with E-state index in [4.69, 9.17) is 23.9 Å². The van der Waals surface area contributed by atoms with E-state index in [1.54, 1.807) is 47.0 Å². The average molecular weight is 1410 g/mol. The molecule has 100 heavy (non-hydrogen) atoms. The van der Waals surface area contributed by atoms with Crippen molar-refractivity contribution in [1.29, 1.82) is 0 Å². The molecule has 16 atom stereocenters. The minimum Gasteiger partial charge on any atom is -0.480 e. The average Bonchev–Trinajstić information content (AvgIpc) is 1.58. The van der Waals surface area contributed by atoms with Gasteiger partial charge in [0.2, 0.25) is 34.2 Å². The second-order valence-electron chi connectivity index (χ2n) is 33.0. The topological polar surface area (TPSA) is 299 Å². The molecule has 0 unspecified atom stereocenters. The van der Waals surface area contributed by atoms with Crippen LogP contribution in [0.4, 0.5) is 8.78 Å². The summed E-state index contributed by atoms with van der Waals surface area (Å²) < 4.78 is 83.5. The van der Waals surface area contributed by atoms with Gasteiger partial charge in [0.05, 0.1) is 75.8 Å². The number of para-hydroxylation sites is 2. The van der Waals surface area contributed by atoms with Crippen LogP contribution in [0.3, 0.4) is 0 Å². The van der Waals surface area contributed by atoms with Crippen LogP contribution >= 0.6 is 0 Å². The number of nitrogens with one attached hydrogen (secondary N) is 1. The third-order valence-electron chi connectivity index (χ3n) is 24.1. The number of rotatable bonds is 8. The summed E-state index contributed by atoms with van der Waals surface area (Å²) in [4.78, 5) is 136. The summed E-state index contributed by atoms with van der Waals surface area (Å²) in [5.74, 6) is -5.29. The first kappa shape index (κ1) is 71.0. The minimum atomic E-state index is -4.20. The number of aromatic nitrogens is 4. The summed E-state index contributed by atoms with van der Waals surface area (Å²) in [5.41, 5.74) is -2.94. The zero-order chi connectivity index (χ0) is 71.3. The van der Waals surface area contributed by atoms with Gasteiger partial charge in [0.25, 0.3) is 23.1 Å². The lowest BCUT2D eigenvalue weighted by Gasteiger charge is -2.35. The molecule has 542 valence electrons. The molecule has 23 nitrogen and oxygen atoms in total. The number of ether oxygens (including phenoxy) is 4. The largest absolute Gasteiger partial charge is 0.480 e. The Morgan fingerprint density at radius 2 is 1.07 bits per heavy atom. The molecule has 0 radical (unpaired) electrons. The van der Waals surface area contributed by atoms with Gasteiger partial charge in [-0.1, -0.05) is 91.5 Å². The fraction of sp³-hybridized carbons (Fsp3) is 0.689. The van der Waals surface area contributed by atoms with Gasteiger partial charge in [-0.05, 0) is 148 Å². The van der Waals surface area contributed by atoms with Gasteiger partial charge in [-0.2, -0.15) is 9.97 Å². The zero-order valence-electron chi connectivity index (χ0n) is 58.2. The van der Waals surface area contributed by atoms with E-state index in [-0.39, 0.29) is 86.0 Å². The molecule has 8 fully saturated rings. The first-order valence-electron chi connectivity index (χ1n) is 36.3. The fourth-order valence-electron chi connectivity index (χ4n) is 17.4. The van der Waals surface area contributed by atoms with Gasteiger partial charge in [0, 0.05) is 38.3 Å². The van der Waals surface area contributed by atoms with E-state index in [1.165, 1.54) is 27.7 Å². The first-order valence-corrected chi connectivity index (χ1v) is 37.7. The number of aliphatic carboxylic acids is 1. The number of carboxylic acid groups (broad SMARTS) is 1. The lowest BCUT2D eigenvalue weighted by atomic mass is 9.77. The number of alkyl halides is 2. The highest BCUT2D eigenvalue weighted by Gasteiger charge is 2.67. The maximum absolute atomic E-state index is 14.8. The van der Waals surface area contributed by atoms with E-state index in [2.05, 4.69) is 4.98 Å². The van der Waals surface area contributed by atoms with Crippen LogP contribution in [-0.2, 0) is 66.1 Å². The number of Topliss-reactive ketones (excluding diaryl/α,β-unsaturated/α-hetero) is 1. The summed E-state index contributed by atoms with van der Waals surface area (Å²) in [6, 6.07) is 11.8. The molecule has 0 spiro atoms. The van der Waals surface area contributed by atoms with Crippen molar-refractivity contribution < 1.29 is 74.8 Å². The molecule has 3 amide bonds. The van der Waals surface area contributed by atoms with Crippen LogP contribution in [-0.4, -0.2) is 145 Å². The number of fused-ring (bicyclic) bond motifs is 14. The molecule has 2 aromatic heterocycles. The van der Waals surface area contributed by atoms with Crippen LogP contribution in [0.15, 0.2) is 58.1 Å². The monoisotopic (exact) mass is 1410 g/mol. The number of esters is 2. The quantitative estimate of drug-likeness (QED) is 0.155. The minimum absolute atomic E-state index is 0.0220. The Balaban J connectivity index is 0.000000189. The van der Waals surface area contributed by atoms with E-state index in [1.807, 2.05) is 52.3 Å². The third kappa shape index (κ3) is 14.3. The van der Waals surface area contributed by atoms with Crippen LogP contribution in [0.25, 0.3) is 21.8 Å². The molecule has 4 aliphatic heterocycles. The Hall–Kier alpha value is -7.38. The first-order chi connectivity index (χ1) is 47.3. The zero-order valence-corrected chi connectivity index (χ0v) is 59.1. The van der Waals surface area contributed by atoms with Gasteiger partial charge in [-0.15, -0.1) is 0 Å². The molecule has 6 aliphatic carbocycles. The van der Waals surface area contributed by atoms with Crippen molar-refractivity contribution in [2.45, 2.75) is 238 Å². The van der Waals surface area contributed by atoms with E-state index in [0.717, 1.165) is 64.2 Å². The number of hydrogen-bond donors (Lipinski definition) is 2. The number of carboxylic acids is 1. The Morgan fingerprint density at radius 1 is 0.620 bits per heavy atom. The molecule has 6 saturated carbocycles. The highest BCUT2D eigenvalue weighted by molar-refractivity contribution is 7.91. The van der Waals surface area contributed by atoms with Crippen LogP contribution in [0.1, 0.15) is 177 Å². The number of benzene rings is 2.